The third-order valence-electron chi connectivity index (χ3n) is 0.804. The highest BCUT2D eigenvalue weighted by atomic mass is 35.5. The second-order valence-corrected chi connectivity index (χ2v) is 1.99. The number of hydrogen-bond donors (Lipinski definition) is 1. The molecular weight excluding hydrogens is 114 g/mol. The van der Waals surface area contributed by atoms with Crippen molar-refractivity contribution in [1.29, 1.82) is 0 Å². The van der Waals surface area contributed by atoms with E-state index in [2.05, 4.69) is 5.32 Å². The summed E-state index contributed by atoms with van der Waals surface area (Å²) in [5.41, 5.74) is 0. The molecule has 39 valence electrons. The Hall–Kier alpha value is -0.240. The normalized spacial score (nSPS) is 30.4. The molecule has 3 heteroatoms. The molecule has 1 fully saturated rings. The molecule has 1 atom stereocenters. The first-order valence-corrected chi connectivity index (χ1v) is 2.49. The highest BCUT2D eigenvalue weighted by Crippen LogP contribution is 2.03. The standard InChI is InChI=1S/C4H5ClNO/c5-3-1-4(7)6-2-3/h1,3H,2H2,(H,6,7). The summed E-state index contributed by atoms with van der Waals surface area (Å²) in [5, 5.41) is 2.45. The first kappa shape index (κ1) is 4.91. The van der Waals surface area contributed by atoms with Crippen molar-refractivity contribution in [2.45, 2.75) is 5.38 Å². The maximum absolute atomic E-state index is 10.2. The van der Waals surface area contributed by atoms with E-state index in [1.54, 1.807) is 0 Å². The Balaban J connectivity index is 2.40. The van der Waals surface area contributed by atoms with Gasteiger partial charge in [-0.1, -0.05) is 0 Å². The van der Waals surface area contributed by atoms with E-state index in [1.807, 2.05) is 0 Å². The average molecular weight is 119 g/mol. The Morgan fingerprint density at radius 1 is 2.00 bits per heavy atom. The van der Waals surface area contributed by atoms with Crippen LogP contribution in [0.4, 0.5) is 0 Å². The molecule has 1 aliphatic heterocycles. The lowest BCUT2D eigenvalue weighted by Gasteiger charge is -1.85. The molecule has 0 aromatic rings. The number of carbonyl (C=O) groups is 1. The fraction of sp³-hybridized carbons (Fsp3) is 0.500. The van der Waals surface area contributed by atoms with Crippen molar-refractivity contribution in [3.05, 3.63) is 6.42 Å². The summed E-state index contributed by atoms with van der Waals surface area (Å²) in [6.07, 6.45) is 1.46. The SMILES string of the molecule is O=C1[CH]C(Cl)CN1. The molecule has 0 aromatic carbocycles. The third-order valence-corrected chi connectivity index (χ3v) is 1.08. The predicted octanol–water partition coefficient (Wildman–Crippen LogP) is -0.0721. The summed E-state index contributed by atoms with van der Waals surface area (Å²) in [7, 11) is 0. The molecule has 0 aliphatic carbocycles. The molecule has 1 unspecified atom stereocenters. The Morgan fingerprint density at radius 2 is 2.71 bits per heavy atom. The van der Waals surface area contributed by atoms with Crippen molar-refractivity contribution < 1.29 is 4.79 Å². The van der Waals surface area contributed by atoms with E-state index in [4.69, 9.17) is 11.6 Å². The highest BCUT2D eigenvalue weighted by Gasteiger charge is 2.18. The topological polar surface area (TPSA) is 29.1 Å². The molecule has 1 aliphatic rings. The average Bonchev–Trinajstić information content (AvgIpc) is 1.87. The number of halogens is 1. The quantitative estimate of drug-likeness (QED) is 0.443. The van der Waals surface area contributed by atoms with Crippen LogP contribution in [-0.4, -0.2) is 17.8 Å². The van der Waals surface area contributed by atoms with Crippen molar-refractivity contribution in [1.82, 2.24) is 5.32 Å². The van der Waals surface area contributed by atoms with Crippen LogP contribution in [0.3, 0.4) is 0 Å². The van der Waals surface area contributed by atoms with Gasteiger partial charge in [0.15, 0.2) is 0 Å². The molecule has 0 bridgehead atoms. The van der Waals surface area contributed by atoms with Gasteiger partial charge in [-0.15, -0.1) is 11.6 Å². The molecule has 1 rings (SSSR count). The summed E-state index contributed by atoms with van der Waals surface area (Å²) < 4.78 is 0. The van der Waals surface area contributed by atoms with E-state index in [1.165, 1.54) is 6.42 Å². The fourth-order valence-corrected chi connectivity index (χ4v) is 0.672. The first-order valence-electron chi connectivity index (χ1n) is 2.06. The van der Waals surface area contributed by atoms with Gasteiger partial charge in [0.25, 0.3) is 0 Å². The number of nitrogens with one attached hydrogen (secondary N) is 1. The van der Waals surface area contributed by atoms with Crippen LogP contribution < -0.4 is 5.32 Å². The zero-order valence-corrected chi connectivity index (χ0v) is 4.40. The van der Waals surface area contributed by atoms with E-state index in [0.29, 0.717) is 6.54 Å². The Bertz CT molecular complexity index is 93.7. The van der Waals surface area contributed by atoms with Crippen LogP contribution in [0, 0.1) is 6.42 Å². The Kier molecular flexibility index (Phi) is 1.19. The monoisotopic (exact) mass is 118 g/mol. The molecule has 1 radical (unpaired) electrons. The minimum absolute atomic E-state index is 0.0556. The van der Waals surface area contributed by atoms with Crippen molar-refractivity contribution in [2.24, 2.45) is 0 Å². The maximum atomic E-state index is 10.2. The second kappa shape index (κ2) is 1.70. The second-order valence-electron chi connectivity index (χ2n) is 1.43. The van der Waals surface area contributed by atoms with Gasteiger partial charge in [-0.2, -0.15) is 0 Å². The van der Waals surface area contributed by atoms with Gasteiger partial charge in [-0.3, -0.25) is 4.79 Å². The third kappa shape index (κ3) is 1.06. The number of alkyl halides is 1. The molecule has 0 aromatic heterocycles. The summed E-state index contributed by atoms with van der Waals surface area (Å²) >= 11 is 5.47. The zero-order chi connectivity index (χ0) is 5.28. The van der Waals surface area contributed by atoms with E-state index < -0.39 is 0 Å². The lowest BCUT2D eigenvalue weighted by atomic mass is 10.4. The molecular formula is C4H5ClNO. The molecule has 1 amide bonds. The minimum atomic E-state index is -0.0903. The highest BCUT2D eigenvalue weighted by molar-refractivity contribution is 6.24. The zero-order valence-electron chi connectivity index (χ0n) is 3.65. The minimum Gasteiger partial charge on any atom is -0.354 e. The predicted molar refractivity (Wildman–Crippen MR) is 27.0 cm³/mol. The summed E-state index contributed by atoms with van der Waals surface area (Å²) in [6, 6.07) is 0. The number of hydrogen-bond acceptors (Lipinski definition) is 1. The van der Waals surface area contributed by atoms with Gasteiger partial charge in [0.05, 0.1) is 11.8 Å². The van der Waals surface area contributed by atoms with E-state index in [9.17, 15) is 4.79 Å². The lowest BCUT2D eigenvalue weighted by Crippen LogP contribution is -2.13. The van der Waals surface area contributed by atoms with Crippen molar-refractivity contribution in [2.75, 3.05) is 6.54 Å². The fourth-order valence-electron chi connectivity index (χ4n) is 0.480. The Labute approximate surface area is 46.8 Å². The molecule has 0 spiro atoms. The van der Waals surface area contributed by atoms with E-state index in [-0.39, 0.29) is 11.3 Å². The maximum Gasteiger partial charge on any atom is 0.225 e. The van der Waals surface area contributed by atoms with Gasteiger partial charge < -0.3 is 5.32 Å². The van der Waals surface area contributed by atoms with Crippen LogP contribution in [0.1, 0.15) is 0 Å². The van der Waals surface area contributed by atoms with Crippen LogP contribution in [0.25, 0.3) is 0 Å². The largest absolute Gasteiger partial charge is 0.354 e. The van der Waals surface area contributed by atoms with Crippen LogP contribution in [0.2, 0.25) is 0 Å². The lowest BCUT2D eigenvalue weighted by molar-refractivity contribution is -0.116. The molecule has 1 saturated heterocycles. The number of carbonyl (C=O) groups excluding carboxylic acids is 1. The van der Waals surface area contributed by atoms with Gasteiger partial charge in [0.1, 0.15) is 0 Å². The number of amides is 1. The van der Waals surface area contributed by atoms with Crippen LogP contribution in [-0.2, 0) is 4.79 Å². The van der Waals surface area contributed by atoms with E-state index >= 15 is 0 Å². The van der Waals surface area contributed by atoms with Gasteiger partial charge in [0, 0.05) is 6.54 Å². The van der Waals surface area contributed by atoms with Crippen LogP contribution >= 0.6 is 11.6 Å². The summed E-state index contributed by atoms with van der Waals surface area (Å²) in [4.78, 5) is 10.2. The summed E-state index contributed by atoms with van der Waals surface area (Å²) in [6.45, 7) is 0.584. The smallest absolute Gasteiger partial charge is 0.225 e. The molecule has 1 heterocycles. The number of rotatable bonds is 0. The van der Waals surface area contributed by atoms with Crippen molar-refractivity contribution >= 4 is 17.5 Å². The molecule has 1 N–H and O–H groups in total. The van der Waals surface area contributed by atoms with Crippen molar-refractivity contribution in [3.8, 4) is 0 Å². The summed E-state index contributed by atoms with van der Waals surface area (Å²) in [5.74, 6) is -0.0556. The van der Waals surface area contributed by atoms with Crippen molar-refractivity contribution in [3.63, 3.8) is 0 Å². The molecule has 2 nitrogen and oxygen atoms in total. The van der Waals surface area contributed by atoms with Crippen LogP contribution in [0.15, 0.2) is 0 Å². The van der Waals surface area contributed by atoms with Gasteiger partial charge in [0.2, 0.25) is 5.91 Å². The molecule has 0 saturated carbocycles. The first-order chi connectivity index (χ1) is 3.29. The van der Waals surface area contributed by atoms with Gasteiger partial charge in [-0.25, -0.2) is 0 Å². The Morgan fingerprint density at radius 3 is 2.86 bits per heavy atom. The van der Waals surface area contributed by atoms with E-state index in [0.717, 1.165) is 0 Å². The van der Waals surface area contributed by atoms with Crippen LogP contribution in [0.5, 0.6) is 0 Å². The van der Waals surface area contributed by atoms with Gasteiger partial charge >= 0.3 is 0 Å². The molecule has 7 heavy (non-hydrogen) atoms. The van der Waals surface area contributed by atoms with Gasteiger partial charge in [-0.05, 0) is 0 Å².